The van der Waals surface area contributed by atoms with Gasteiger partial charge in [-0.05, 0) is 27.7 Å². The number of methoxy groups -OCH3 is 2. The Kier molecular flexibility index (Phi) is 9.46. The molecule has 0 amide bonds. The molecule has 0 rings (SSSR count). The van der Waals surface area contributed by atoms with Crippen molar-refractivity contribution in [2.45, 2.75) is 39.3 Å². The average Bonchev–Trinajstić information content (AvgIpc) is 2.28. The largest absolute Gasteiger partial charge is 0.382 e. The lowest BCUT2D eigenvalue weighted by atomic mass is 10.4. The Morgan fingerprint density at radius 2 is 1.00 bits per heavy atom. The molecule has 0 aromatic rings. The molecule has 0 spiro atoms. The highest BCUT2D eigenvalue weighted by molar-refractivity contribution is 4.51. The van der Waals surface area contributed by atoms with Crippen LogP contribution in [-0.4, -0.2) is 52.2 Å². The van der Waals surface area contributed by atoms with Crippen LogP contribution < -0.4 is 0 Å². The Morgan fingerprint density at radius 3 is 1.32 bits per heavy atom. The third kappa shape index (κ3) is 11.3. The minimum Gasteiger partial charge on any atom is -0.382 e. The molecule has 0 saturated carbocycles. The number of rotatable bonds is 12. The van der Waals surface area contributed by atoms with Gasteiger partial charge in [0.2, 0.25) is 0 Å². The van der Waals surface area contributed by atoms with Crippen molar-refractivity contribution in [2.75, 3.05) is 40.6 Å². The van der Waals surface area contributed by atoms with Gasteiger partial charge in [-0.3, -0.25) is 0 Å². The van der Waals surface area contributed by atoms with Crippen LogP contribution >= 0.6 is 0 Å². The summed E-state index contributed by atoms with van der Waals surface area (Å²) >= 11 is 0. The zero-order valence-electron chi connectivity index (χ0n) is 12.7. The van der Waals surface area contributed by atoms with E-state index >= 15 is 0 Å². The zero-order chi connectivity index (χ0) is 14.8. The molecular weight excluding hydrogens is 256 g/mol. The first-order chi connectivity index (χ1) is 8.83. The standard InChI is InChI=1S/C12H26O7/c1-11(2,15-9-7-13-5)17-19-18-12(3,4)16-10-8-14-6/h7-10H2,1-6H3. The molecule has 0 unspecified atom stereocenters. The lowest BCUT2D eigenvalue weighted by Crippen LogP contribution is -2.34. The average molecular weight is 282 g/mol. The van der Waals surface area contributed by atoms with Crippen molar-refractivity contribution in [3.05, 3.63) is 0 Å². The van der Waals surface area contributed by atoms with Crippen LogP contribution in [0.4, 0.5) is 0 Å². The highest BCUT2D eigenvalue weighted by Crippen LogP contribution is 2.16. The monoisotopic (exact) mass is 282 g/mol. The van der Waals surface area contributed by atoms with Crippen molar-refractivity contribution in [1.82, 2.24) is 0 Å². The number of hydrogen-bond donors (Lipinski definition) is 0. The molecule has 116 valence electrons. The van der Waals surface area contributed by atoms with Crippen molar-refractivity contribution >= 4 is 0 Å². The molecule has 19 heavy (non-hydrogen) atoms. The smallest absolute Gasteiger partial charge is 0.199 e. The van der Waals surface area contributed by atoms with Crippen LogP contribution in [0, 0.1) is 0 Å². The van der Waals surface area contributed by atoms with E-state index in [0.29, 0.717) is 26.4 Å². The fourth-order valence-corrected chi connectivity index (χ4v) is 0.971. The topological polar surface area (TPSA) is 64.6 Å². The summed E-state index contributed by atoms with van der Waals surface area (Å²) < 4.78 is 20.5. The Bertz CT molecular complexity index is 196. The summed E-state index contributed by atoms with van der Waals surface area (Å²) in [6.07, 6.45) is 0. The second-order valence-corrected chi connectivity index (χ2v) is 4.72. The van der Waals surface area contributed by atoms with Gasteiger partial charge >= 0.3 is 0 Å². The van der Waals surface area contributed by atoms with Gasteiger partial charge in [-0.15, -0.1) is 0 Å². The molecule has 0 N–H and O–H groups in total. The lowest BCUT2D eigenvalue weighted by molar-refractivity contribution is -0.606. The fraction of sp³-hybridized carbons (Fsp3) is 1.00. The van der Waals surface area contributed by atoms with E-state index in [4.69, 9.17) is 33.8 Å². The van der Waals surface area contributed by atoms with Crippen LogP contribution in [0.5, 0.6) is 0 Å². The molecular formula is C12H26O7. The Labute approximate surface area is 114 Å². The third-order valence-corrected chi connectivity index (χ3v) is 1.94. The van der Waals surface area contributed by atoms with E-state index in [1.54, 1.807) is 41.9 Å². The quantitative estimate of drug-likeness (QED) is 0.233. The molecule has 0 fully saturated rings. The van der Waals surface area contributed by atoms with Gasteiger partial charge in [-0.25, -0.2) is 0 Å². The van der Waals surface area contributed by atoms with E-state index in [2.05, 4.69) is 0 Å². The van der Waals surface area contributed by atoms with E-state index in [9.17, 15) is 0 Å². The maximum Gasteiger partial charge on any atom is 0.199 e. The van der Waals surface area contributed by atoms with Gasteiger partial charge in [0.05, 0.1) is 26.4 Å². The van der Waals surface area contributed by atoms with Gasteiger partial charge in [-0.2, -0.15) is 9.78 Å². The number of ether oxygens (including phenoxy) is 4. The molecule has 0 saturated heterocycles. The van der Waals surface area contributed by atoms with E-state index in [0.717, 1.165) is 0 Å². The van der Waals surface area contributed by atoms with Gasteiger partial charge in [0.15, 0.2) is 11.6 Å². The van der Waals surface area contributed by atoms with E-state index in [1.807, 2.05) is 0 Å². The van der Waals surface area contributed by atoms with E-state index in [1.165, 1.54) is 0 Å². The third-order valence-electron chi connectivity index (χ3n) is 1.94. The Hall–Kier alpha value is -0.280. The van der Waals surface area contributed by atoms with Gasteiger partial charge in [0.25, 0.3) is 0 Å². The van der Waals surface area contributed by atoms with Crippen molar-refractivity contribution in [3.63, 3.8) is 0 Å². The summed E-state index contributed by atoms with van der Waals surface area (Å²) in [7, 11) is 3.19. The minimum absolute atomic E-state index is 0.389. The molecule has 0 heterocycles. The maximum atomic E-state index is 5.37. The summed E-state index contributed by atoms with van der Waals surface area (Å²) in [6.45, 7) is 8.52. The second-order valence-electron chi connectivity index (χ2n) is 4.72. The van der Waals surface area contributed by atoms with Crippen LogP contribution in [0.2, 0.25) is 0 Å². The highest BCUT2D eigenvalue weighted by atomic mass is 17.5. The van der Waals surface area contributed by atoms with E-state index in [-0.39, 0.29) is 0 Å². The first-order valence-corrected chi connectivity index (χ1v) is 6.12. The molecule has 0 bridgehead atoms. The van der Waals surface area contributed by atoms with Crippen molar-refractivity contribution in [1.29, 1.82) is 0 Å². The predicted molar refractivity (Wildman–Crippen MR) is 67.1 cm³/mol. The van der Waals surface area contributed by atoms with Gasteiger partial charge in [0, 0.05) is 14.2 Å². The first-order valence-electron chi connectivity index (χ1n) is 6.12. The summed E-state index contributed by atoms with van der Waals surface area (Å²) in [5, 5.41) is 4.69. The molecule has 0 atom stereocenters. The Balaban J connectivity index is 3.79. The molecule has 0 radical (unpaired) electrons. The van der Waals surface area contributed by atoms with Crippen LogP contribution in [0.3, 0.4) is 0 Å². The van der Waals surface area contributed by atoms with Crippen LogP contribution in [0.1, 0.15) is 27.7 Å². The van der Waals surface area contributed by atoms with Crippen molar-refractivity contribution < 1.29 is 33.8 Å². The van der Waals surface area contributed by atoms with Gasteiger partial charge in [-0.1, -0.05) is 5.04 Å². The Morgan fingerprint density at radius 1 is 0.632 bits per heavy atom. The second kappa shape index (κ2) is 9.60. The minimum atomic E-state index is -0.943. The highest BCUT2D eigenvalue weighted by Gasteiger charge is 2.25. The van der Waals surface area contributed by atoms with Crippen LogP contribution in [0.25, 0.3) is 0 Å². The SMILES string of the molecule is COCCOC(C)(C)OOOC(C)(C)OCCOC. The maximum absolute atomic E-state index is 5.37. The molecule has 7 nitrogen and oxygen atoms in total. The lowest BCUT2D eigenvalue weighted by Gasteiger charge is -2.27. The van der Waals surface area contributed by atoms with Crippen LogP contribution in [-0.2, 0) is 33.8 Å². The zero-order valence-corrected chi connectivity index (χ0v) is 12.7. The predicted octanol–water partition coefficient (Wildman–Crippen LogP) is 1.66. The number of hydrogen-bond acceptors (Lipinski definition) is 7. The summed E-state index contributed by atoms with van der Waals surface area (Å²) in [4.78, 5) is 10.0. The molecule has 0 aliphatic rings. The fourth-order valence-electron chi connectivity index (χ4n) is 0.971. The molecule has 0 aliphatic heterocycles. The van der Waals surface area contributed by atoms with Gasteiger partial charge in [0.1, 0.15) is 0 Å². The molecule has 0 aromatic heterocycles. The summed E-state index contributed by atoms with van der Waals surface area (Å²) in [6, 6.07) is 0. The van der Waals surface area contributed by atoms with E-state index < -0.39 is 11.6 Å². The molecule has 0 aliphatic carbocycles. The molecule has 7 heteroatoms. The summed E-state index contributed by atoms with van der Waals surface area (Å²) in [5.74, 6) is -1.89. The van der Waals surface area contributed by atoms with Crippen molar-refractivity contribution in [3.8, 4) is 0 Å². The molecule has 0 aromatic carbocycles. The summed E-state index contributed by atoms with van der Waals surface area (Å²) in [5.41, 5.74) is 0. The normalized spacial score (nSPS) is 12.9. The first kappa shape index (κ1) is 18.7. The van der Waals surface area contributed by atoms with Crippen LogP contribution in [0.15, 0.2) is 0 Å². The van der Waals surface area contributed by atoms with Crippen molar-refractivity contribution in [2.24, 2.45) is 0 Å². The van der Waals surface area contributed by atoms with Gasteiger partial charge < -0.3 is 18.9 Å².